The molecule has 0 amide bonds. The van der Waals surface area contributed by atoms with E-state index in [2.05, 4.69) is 193 Å². The molecule has 10 aromatic rings. The van der Waals surface area contributed by atoms with Crippen molar-refractivity contribution >= 4 is 71.3 Å². The third-order valence-corrected chi connectivity index (χ3v) is 10.0. The van der Waals surface area contributed by atoms with Crippen molar-refractivity contribution in [2.75, 3.05) is 4.90 Å². The highest BCUT2D eigenvalue weighted by Gasteiger charge is 2.18. The fraction of sp³-hybridized carbons (Fsp3) is 0. The van der Waals surface area contributed by atoms with Gasteiger partial charge in [0.1, 0.15) is 11.2 Å². The summed E-state index contributed by atoms with van der Waals surface area (Å²) in [5, 5.41) is 9.74. The summed E-state index contributed by atoms with van der Waals surface area (Å²) in [7, 11) is 0. The maximum absolute atomic E-state index is 6.35. The summed E-state index contributed by atoms with van der Waals surface area (Å²) in [5.74, 6) is 0. The summed E-state index contributed by atoms with van der Waals surface area (Å²) in [6.45, 7) is 0. The molecule has 0 saturated heterocycles. The molecule has 0 radical (unpaired) electrons. The van der Waals surface area contributed by atoms with Gasteiger partial charge in [-0.25, -0.2) is 0 Å². The normalized spacial score (nSPS) is 11.6. The minimum Gasteiger partial charge on any atom is -0.456 e. The van der Waals surface area contributed by atoms with Crippen LogP contribution in [0.5, 0.6) is 0 Å². The molecule has 0 saturated carbocycles. The minimum atomic E-state index is 0.897. The van der Waals surface area contributed by atoms with Crippen molar-refractivity contribution in [2.45, 2.75) is 0 Å². The second-order valence-electron chi connectivity index (χ2n) is 13.0. The molecule has 0 N–H and O–H groups in total. The molecule has 0 fully saturated rings. The van der Waals surface area contributed by atoms with Crippen molar-refractivity contribution in [3.63, 3.8) is 0 Å². The number of rotatable bonds is 5. The van der Waals surface area contributed by atoms with E-state index in [1.165, 1.54) is 43.4 Å². The molecule has 2 heteroatoms. The summed E-state index contributed by atoms with van der Waals surface area (Å²) >= 11 is 0. The Morgan fingerprint density at radius 3 is 1.80 bits per heavy atom. The summed E-state index contributed by atoms with van der Waals surface area (Å²) in [6, 6.07) is 67.6. The van der Waals surface area contributed by atoms with Crippen LogP contribution in [0.4, 0.5) is 17.1 Å². The highest BCUT2D eigenvalue weighted by Crippen LogP contribution is 2.43. The Bertz CT molecular complexity index is 2870. The lowest BCUT2D eigenvalue weighted by molar-refractivity contribution is 0.669. The van der Waals surface area contributed by atoms with E-state index < -0.39 is 0 Å². The quantitative estimate of drug-likeness (QED) is 0.175. The lowest BCUT2D eigenvalue weighted by atomic mass is 9.97. The first kappa shape index (κ1) is 28.4. The number of para-hydroxylation sites is 2. The van der Waals surface area contributed by atoms with Gasteiger partial charge in [-0.15, -0.1) is 0 Å². The van der Waals surface area contributed by atoms with Gasteiger partial charge in [0.25, 0.3) is 0 Å². The first-order valence-electron chi connectivity index (χ1n) is 17.1. The van der Waals surface area contributed by atoms with E-state index >= 15 is 0 Å². The Balaban J connectivity index is 1.07. The van der Waals surface area contributed by atoms with Gasteiger partial charge in [-0.1, -0.05) is 127 Å². The summed E-state index contributed by atoms with van der Waals surface area (Å²) in [4.78, 5) is 2.36. The Hall–Kier alpha value is -6.64. The number of hydrogen-bond acceptors (Lipinski definition) is 2. The highest BCUT2D eigenvalue weighted by atomic mass is 16.3. The minimum absolute atomic E-state index is 0.897. The van der Waals surface area contributed by atoms with E-state index in [9.17, 15) is 0 Å². The van der Waals surface area contributed by atoms with Crippen molar-refractivity contribution in [3.05, 3.63) is 188 Å². The average molecular weight is 638 g/mol. The van der Waals surface area contributed by atoms with Gasteiger partial charge in [0.05, 0.1) is 5.69 Å². The van der Waals surface area contributed by atoms with Gasteiger partial charge < -0.3 is 9.32 Å². The molecule has 0 aliphatic rings. The first-order valence-corrected chi connectivity index (χ1v) is 17.1. The molecular formula is C48H31NO. The van der Waals surface area contributed by atoms with E-state index in [1.807, 2.05) is 0 Å². The van der Waals surface area contributed by atoms with Crippen LogP contribution in [-0.2, 0) is 0 Å². The summed E-state index contributed by atoms with van der Waals surface area (Å²) < 4.78 is 6.35. The maximum Gasteiger partial charge on any atom is 0.136 e. The van der Waals surface area contributed by atoms with Crippen LogP contribution in [0.3, 0.4) is 0 Å². The zero-order valence-electron chi connectivity index (χ0n) is 27.3. The molecule has 50 heavy (non-hydrogen) atoms. The van der Waals surface area contributed by atoms with Crippen LogP contribution in [0.25, 0.3) is 76.5 Å². The van der Waals surface area contributed by atoms with Crippen LogP contribution >= 0.6 is 0 Å². The maximum atomic E-state index is 6.35. The number of fused-ring (bicyclic) bond motifs is 7. The van der Waals surface area contributed by atoms with Gasteiger partial charge in [-0.3, -0.25) is 0 Å². The van der Waals surface area contributed by atoms with Crippen molar-refractivity contribution in [3.8, 4) is 22.3 Å². The van der Waals surface area contributed by atoms with E-state index in [0.717, 1.165) is 50.1 Å². The predicted molar refractivity (Wildman–Crippen MR) is 212 cm³/mol. The standard InChI is InChI=1S/C48H31NO/c1-2-13-39(14-3-1)49(40-24-20-32(21-25-40)36-22-26-42-37(28-36)19-18-33-10-6-7-15-41(33)42)46-17-9-8-16-43(46)38-23-27-47-44(30-38)45-29-34-11-4-5-12-35(34)31-48(45)50-47/h1-31H. The van der Waals surface area contributed by atoms with Crippen LogP contribution in [0.15, 0.2) is 192 Å². The zero-order valence-corrected chi connectivity index (χ0v) is 27.3. The second kappa shape index (κ2) is 11.5. The fourth-order valence-corrected chi connectivity index (χ4v) is 7.54. The van der Waals surface area contributed by atoms with Crippen LogP contribution in [0, 0.1) is 0 Å². The predicted octanol–water partition coefficient (Wildman–Crippen LogP) is 13.8. The van der Waals surface area contributed by atoms with Crippen LogP contribution in [-0.4, -0.2) is 0 Å². The van der Waals surface area contributed by atoms with Crippen LogP contribution in [0.1, 0.15) is 0 Å². The fourth-order valence-electron chi connectivity index (χ4n) is 7.54. The zero-order chi connectivity index (χ0) is 33.0. The lowest BCUT2D eigenvalue weighted by Crippen LogP contribution is -2.11. The first-order chi connectivity index (χ1) is 24.8. The van der Waals surface area contributed by atoms with E-state index in [4.69, 9.17) is 4.42 Å². The van der Waals surface area contributed by atoms with E-state index in [-0.39, 0.29) is 0 Å². The Morgan fingerprint density at radius 2 is 0.940 bits per heavy atom. The van der Waals surface area contributed by atoms with Crippen molar-refractivity contribution in [1.29, 1.82) is 0 Å². The molecule has 2 nitrogen and oxygen atoms in total. The summed E-state index contributed by atoms with van der Waals surface area (Å²) in [6.07, 6.45) is 0. The average Bonchev–Trinajstić information content (AvgIpc) is 3.54. The molecule has 234 valence electrons. The van der Waals surface area contributed by atoms with E-state index in [1.54, 1.807) is 0 Å². The molecule has 10 rings (SSSR count). The van der Waals surface area contributed by atoms with Gasteiger partial charge >= 0.3 is 0 Å². The van der Waals surface area contributed by atoms with Crippen LogP contribution < -0.4 is 4.90 Å². The topological polar surface area (TPSA) is 16.4 Å². The Morgan fingerprint density at radius 1 is 0.320 bits per heavy atom. The highest BCUT2D eigenvalue weighted by molar-refractivity contribution is 6.11. The molecule has 1 aromatic heterocycles. The number of furan rings is 1. The third kappa shape index (κ3) is 4.73. The van der Waals surface area contributed by atoms with Crippen LogP contribution in [0.2, 0.25) is 0 Å². The monoisotopic (exact) mass is 637 g/mol. The molecule has 9 aromatic carbocycles. The van der Waals surface area contributed by atoms with Crippen molar-refractivity contribution in [1.82, 2.24) is 0 Å². The molecule has 0 atom stereocenters. The molecule has 0 unspecified atom stereocenters. The molecule has 0 spiro atoms. The van der Waals surface area contributed by atoms with Gasteiger partial charge in [0.15, 0.2) is 0 Å². The third-order valence-electron chi connectivity index (χ3n) is 10.0. The smallest absolute Gasteiger partial charge is 0.136 e. The molecule has 1 heterocycles. The van der Waals surface area contributed by atoms with Crippen molar-refractivity contribution in [2.24, 2.45) is 0 Å². The van der Waals surface area contributed by atoms with Gasteiger partial charge in [-0.05, 0) is 110 Å². The SMILES string of the molecule is c1ccc(N(c2ccc(-c3ccc4c(ccc5ccccc54)c3)cc2)c2ccccc2-c2ccc3oc4cc5ccccc5cc4c3c2)cc1. The number of benzene rings is 9. The number of hydrogen-bond donors (Lipinski definition) is 0. The second-order valence-corrected chi connectivity index (χ2v) is 13.0. The van der Waals surface area contributed by atoms with E-state index in [0.29, 0.717) is 0 Å². The number of anilines is 3. The summed E-state index contributed by atoms with van der Waals surface area (Å²) in [5.41, 5.74) is 9.82. The van der Waals surface area contributed by atoms with Gasteiger partial charge in [-0.2, -0.15) is 0 Å². The molecule has 0 aliphatic carbocycles. The molecular weight excluding hydrogens is 607 g/mol. The molecule has 0 aliphatic heterocycles. The Labute approximate surface area is 290 Å². The van der Waals surface area contributed by atoms with Gasteiger partial charge in [0, 0.05) is 27.7 Å². The number of nitrogens with zero attached hydrogens (tertiary/aromatic N) is 1. The lowest BCUT2D eigenvalue weighted by Gasteiger charge is -2.28. The van der Waals surface area contributed by atoms with Gasteiger partial charge in [0.2, 0.25) is 0 Å². The van der Waals surface area contributed by atoms with Crippen molar-refractivity contribution < 1.29 is 4.42 Å². The Kier molecular flexibility index (Phi) is 6.53. The molecule has 0 bridgehead atoms. The largest absolute Gasteiger partial charge is 0.456 e.